The van der Waals surface area contributed by atoms with E-state index in [4.69, 9.17) is 9.47 Å². The summed E-state index contributed by atoms with van der Waals surface area (Å²) in [4.78, 5) is 55.6. The van der Waals surface area contributed by atoms with Crippen LogP contribution in [0.3, 0.4) is 0 Å². The Balaban J connectivity index is 1.19. The third-order valence-corrected chi connectivity index (χ3v) is 10.8. The van der Waals surface area contributed by atoms with Crippen molar-refractivity contribution in [3.05, 3.63) is 74.1 Å². The van der Waals surface area contributed by atoms with Gasteiger partial charge in [0.15, 0.2) is 0 Å². The zero-order valence-corrected chi connectivity index (χ0v) is 28.3. The number of fused-ring (bicyclic) bond motifs is 3. The SMILES string of the molecule is COc1cc(-c2cn(C)c(=O)c(C)c2C)cc(OC)c1CN1C2CCC1CN(c1cccc3c1n(C)c(=O)n3C1CCC(=O)NC1=O)C2. The molecule has 3 aliphatic rings. The summed E-state index contributed by atoms with van der Waals surface area (Å²) in [5.74, 6) is 0.744. The van der Waals surface area contributed by atoms with Crippen molar-refractivity contribution in [3.8, 4) is 22.6 Å². The molecular formula is C36H42N6O6. The van der Waals surface area contributed by atoms with Gasteiger partial charge in [-0.05, 0) is 68.5 Å². The highest BCUT2D eigenvalue weighted by atomic mass is 16.5. The first-order valence-electron chi connectivity index (χ1n) is 16.5. The normalized spacial score (nSPS) is 21.2. The first-order chi connectivity index (χ1) is 23.0. The molecule has 48 heavy (non-hydrogen) atoms. The zero-order chi connectivity index (χ0) is 34.0. The fourth-order valence-electron chi connectivity index (χ4n) is 8.09. The lowest BCUT2D eigenvalue weighted by Crippen LogP contribution is -2.53. The molecule has 3 unspecified atom stereocenters. The van der Waals surface area contributed by atoms with Crippen LogP contribution in [0.1, 0.15) is 48.4 Å². The van der Waals surface area contributed by atoms with Gasteiger partial charge in [-0.2, -0.15) is 0 Å². The molecule has 7 rings (SSSR count). The zero-order valence-electron chi connectivity index (χ0n) is 28.3. The molecule has 5 heterocycles. The lowest BCUT2D eigenvalue weighted by atomic mass is 9.97. The largest absolute Gasteiger partial charge is 0.496 e. The topological polar surface area (TPSA) is 120 Å². The number of carbonyl (C=O) groups excluding carboxylic acids is 2. The maximum Gasteiger partial charge on any atom is 0.329 e. The smallest absolute Gasteiger partial charge is 0.329 e. The number of hydrogen-bond acceptors (Lipinski definition) is 8. The van der Waals surface area contributed by atoms with Crippen molar-refractivity contribution in [2.24, 2.45) is 14.1 Å². The number of piperazine rings is 1. The van der Waals surface area contributed by atoms with Crippen LogP contribution in [0.5, 0.6) is 11.5 Å². The number of carbonyl (C=O) groups is 2. The predicted molar refractivity (Wildman–Crippen MR) is 183 cm³/mol. The first kappa shape index (κ1) is 31.7. The van der Waals surface area contributed by atoms with E-state index in [9.17, 15) is 19.2 Å². The predicted octanol–water partition coefficient (Wildman–Crippen LogP) is 3.17. The Bertz CT molecular complexity index is 2050. The molecule has 2 aromatic heterocycles. The van der Waals surface area contributed by atoms with Crippen LogP contribution >= 0.6 is 0 Å². The van der Waals surface area contributed by atoms with Crippen molar-refractivity contribution >= 4 is 28.5 Å². The highest BCUT2D eigenvalue weighted by Crippen LogP contribution is 2.41. The second kappa shape index (κ2) is 12.0. The second-order valence-electron chi connectivity index (χ2n) is 13.4. The van der Waals surface area contributed by atoms with Crippen LogP contribution in [0.4, 0.5) is 5.69 Å². The molecule has 0 aliphatic carbocycles. The summed E-state index contributed by atoms with van der Waals surface area (Å²) in [5.41, 5.74) is 6.72. The van der Waals surface area contributed by atoms with Crippen LogP contribution in [-0.4, -0.2) is 69.8 Å². The molecule has 3 fully saturated rings. The fourth-order valence-corrected chi connectivity index (χ4v) is 8.09. The molecule has 2 amide bonds. The van der Waals surface area contributed by atoms with Crippen LogP contribution < -0.4 is 30.9 Å². The van der Waals surface area contributed by atoms with Crippen molar-refractivity contribution in [1.29, 1.82) is 0 Å². The minimum Gasteiger partial charge on any atom is -0.496 e. The van der Waals surface area contributed by atoms with Gasteiger partial charge in [0.25, 0.3) is 5.56 Å². The molecular weight excluding hydrogens is 612 g/mol. The molecule has 252 valence electrons. The fraction of sp³-hybridized carbons (Fsp3) is 0.444. The number of ether oxygens (including phenoxy) is 2. The van der Waals surface area contributed by atoms with Gasteiger partial charge in [-0.3, -0.25) is 33.7 Å². The monoisotopic (exact) mass is 654 g/mol. The maximum atomic E-state index is 13.5. The molecule has 3 saturated heterocycles. The van der Waals surface area contributed by atoms with Crippen molar-refractivity contribution in [3.63, 3.8) is 0 Å². The minimum absolute atomic E-state index is 0.00763. The van der Waals surface area contributed by atoms with Crippen LogP contribution in [0.2, 0.25) is 0 Å². The summed E-state index contributed by atoms with van der Waals surface area (Å²) >= 11 is 0. The highest BCUT2D eigenvalue weighted by molar-refractivity contribution is 6.00. The number of benzene rings is 2. The molecule has 1 N–H and O–H groups in total. The quantitative estimate of drug-likeness (QED) is 0.302. The van der Waals surface area contributed by atoms with Crippen molar-refractivity contribution in [2.75, 3.05) is 32.2 Å². The summed E-state index contributed by atoms with van der Waals surface area (Å²) in [6.45, 7) is 6.06. The minimum atomic E-state index is -0.722. The second-order valence-corrected chi connectivity index (χ2v) is 13.4. The van der Waals surface area contributed by atoms with Gasteiger partial charge in [-0.15, -0.1) is 0 Å². The molecule has 0 saturated carbocycles. The molecule has 3 atom stereocenters. The number of amides is 2. The number of rotatable bonds is 7. The summed E-state index contributed by atoms with van der Waals surface area (Å²) in [6, 6.07) is 9.78. The van der Waals surface area contributed by atoms with E-state index >= 15 is 0 Å². The number of aryl methyl sites for hydroxylation is 2. The molecule has 0 radical (unpaired) electrons. The van der Waals surface area contributed by atoms with Gasteiger partial charge in [0, 0.05) is 69.6 Å². The molecule has 0 spiro atoms. The Morgan fingerprint density at radius 1 is 0.896 bits per heavy atom. The maximum absolute atomic E-state index is 13.5. The molecule has 2 bridgehead atoms. The molecule has 2 aromatic carbocycles. The average Bonchev–Trinajstić information content (AvgIpc) is 3.46. The Labute approximate surface area is 278 Å². The summed E-state index contributed by atoms with van der Waals surface area (Å²) in [6.07, 6.45) is 4.47. The van der Waals surface area contributed by atoms with E-state index in [-0.39, 0.29) is 35.7 Å². The van der Waals surface area contributed by atoms with Gasteiger partial charge >= 0.3 is 5.69 Å². The van der Waals surface area contributed by atoms with Crippen LogP contribution in [0.25, 0.3) is 22.2 Å². The van der Waals surface area contributed by atoms with Gasteiger partial charge in [-0.25, -0.2) is 4.79 Å². The van der Waals surface area contributed by atoms with Crippen LogP contribution in [-0.2, 0) is 30.2 Å². The van der Waals surface area contributed by atoms with E-state index in [1.807, 2.05) is 44.3 Å². The average molecular weight is 655 g/mol. The highest BCUT2D eigenvalue weighted by Gasteiger charge is 2.41. The number of methoxy groups -OCH3 is 2. The third kappa shape index (κ3) is 5.01. The van der Waals surface area contributed by atoms with Crippen LogP contribution in [0.15, 0.2) is 46.1 Å². The number of para-hydroxylation sites is 1. The Morgan fingerprint density at radius 2 is 1.56 bits per heavy atom. The Kier molecular flexibility index (Phi) is 7.93. The number of imidazole rings is 1. The Hall–Kier alpha value is -4.84. The third-order valence-electron chi connectivity index (χ3n) is 10.8. The number of imide groups is 1. The van der Waals surface area contributed by atoms with Gasteiger partial charge in [0.1, 0.15) is 17.5 Å². The van der Waals surface area contributed by atoms with Crippen LogP contribution in [0, 0.1) is 13.8 Å². The van der Waals surface area contributed by atoms with Crippen molar-refractivity contribution in [2.45, 2.75) is 64.2 Å². The number of piperidine rings is 1. The van der Waals surface area contributed by atoms with E-state index in [0.29, 0.717) is 18.5 Å². The van der Waals surface area contributed by atoms with Gasteiger partial charge < -0.3 is 18.9 Å². The first-order valence-corrected chi connectivity index (χ1v) is 16.5. The summed E-state index contributed by atoms with van der Waals surface area (Å²) in [5, 5.41) is 2.40. The number of nitrogens with zero attached hydrogens (tertiary/aromatic N) is 5. The van der Waals surface area contributed by atoms with E-state index in [2.05, 4.69) is 21.2 Å². The van der Waals surface area contributed by atoms with Gasteiger partial charge in [0.05, 0.1) is 36.5 Å². The molecule has 12 heteroatoms. The molecule has 12 nitrogen and oxygen atoms in total. The standard InChI is InChI=1S/C36H42N6O6/c1-20-21(2)35(45)38(3)18-25(20)22-14-30(47-5)26(31(15-22)48-6)19-41-23-10-11-24(41)17-40(16-23)27-8-7-9-28-33(27)39(4)36(46)42(28)29-12-13-32(43)37-34(29)44/h7-9,14-15,18,23-24,29H,10-13,16-17,19H2,1-6H3,(H,37,43,44). The van der Waals surface area contributed by atoms with Gasteiger partial charge in [0.2, 0.25) is 11.8 Å². The van der Waals surface area contributed by atoms with E-state index in [0.717, 1.165) is 76.5 Å². The van der Waals surface area contributed by atoms with Crippen molar-refractivity contribution < 1.29 is 19.1 Å². The number of nitrogens with one attached hydrogen (secondary N) is 1. The number of hydrogen-bond donors (Lipinski definition) is 1. The number of pyridine rings is 1. The summed E-state index contributed by atoms with van der Waals surface area (Å²) < 4.78 is 16.7. The number of aromatic nitrogens is 3. The van der Waals surface area contributed by atoms with Gasteiger partial charge in [-0.1, -0.05) is 6.07 Å². The Morgan fingerprint density at radius 3 is 2.19 bits per heavy atom. The van der Waals surface area contributed by atoms with E-state index in [1.54, 1.807) is 42.0 Å². The number of anilines is 1. The molecule has 4 aromatic rings. The van der Waals surface area contributed by atoms with Crippen molar-refractivity contribution in [1.82, 2.24) is 23.9 Å². The summed E-state index contributed by atoms with van der Waals surface area (Å²) in [7, 11) is 6.88. The lowest BCUT2D eigenvalue weighted by molar-refractivity contribution is -0.135. The van der Waals surface area contributed by atoms with E-state index < -0.39 is 11.9 Å². The molecule has 3 aliphatic heterocycles. The van der Waals surface area contributed by atoms with E-state index in [1.165, 1.54) is 0 Å². The lowest BCUT2D eigenvalue weighted by Gasteiger charge is -2.42.